The molecule has 0 spiro atoms. The number of aryl methyl sites for hydroxylation is 2. The van der Waals surface area contributed by atoms with Crippen LogP contribution in [0, 0.1) is 13.8 Å². The third kappa shape index (κ3) is 2.45. The van der Waals surface area contributed by atoms with Crippen molar-refractivity contribution in [2.45, 2.75) is 33.4 Å². The van der Waals surface area contributed by atoms with Crippen LogP contribution in [0.1, 0.15) is 34.3 Å². The molecule has 3 rings (SSSR count). The van der Waals surface area contributed by atoms with E-state index in [-0.39, 0.29) is 11.9 Å². The largest absolute Gasteiger partial charge is 0.361 e. The Bertz CT molecular complexity index is 658. The number of aromatic nitrogens is 1. The molecule has 1 aliphatic heterocycles. The summed E-state index contributed by atoms with van der Waals surface area (Å²) in [7, 11) is 0. The fraction of sp³-hybridized carbons (Fsp3) is 0.375. The first kappa shape index (κ1) is 13.8. The van der Waals surface area contributed by atoms with Crippen LogP contribution in [0.5, 0.6) is 0 Å². The van der Waals surface area contributed by atoms with Crippen molar-refractivity contribution in [1.82, 2.24) is 10.5 Å². The predicted molar refractivity (Wildman–Crippen MR) is 80.4 cm³/mol. The van der Waals surface area contributed by atoms with Gasteiger partial charge in [0.05, 0.1) is 5.69 Å². The number of rotatable bonds is 1. The van der Waals surface area contributed by atoms with Gasteiger partial charge in [0, 0.05) is 24.8 Å². The van der Waals surface area contributed by atoms with E-state index < -0.39 is 0 Å². The van der Waals surface area contributed by atoms with Crippen LogP contribution in [0.15, 0.2) is 28.8 Å². The molecule has 2 heterocycles. The van der Waals surface area contributed by atoms with Gasteiger partial charge in [0.25, 0.3) is 5.91 Å². The maximum Gasteiger partial charge on any atom is 0.263 e. The molecule has 0 aliphatic carbocycles. The second-order valence-corrected chi connectivity index (χ2v) is 5.53. The number of carbonyl (C=O) groups is 1. The van der Waals surface area contributed by atoms with E-state index in [0.29, 0.717) is 23.6 Å². The summed E-state index contributed by atoms with van der Waals surface area (Å²) in [5.41, 5.74) is 3.29. The van der Waals surface area contributed by atoms with E-state index in [2.05, 4.69) is 17.4 Å². The van der Waals surface area contributed by atoms with Gasteiger partial charge in [-0.1, -0.05) is 23.4 Å². The van der Waals surface area contributed by atoms with Crippen LogP contribution in [-0.4, -0.2) is 23.7 Å². The molecule has 1 atom stereocenters. The van der Waals surface area contributed by atoms with Crippen LogP contribution in [0.3, 0.4) is 0 Å². The van der Waals surface area contributed by atoms with Crippen LogP contribution in [0.2, 0.25) is 0 Å². The summed E-state index contributed by atoms with van der Waals surface area (Å²) in [6, 6.07) is 8.22. The Balaban J connectivity index is 2.06. The van der Waals surface area contributed by atoms with E-state index in [9.17, 15) is 4.79 Å². The third-order valence-corrected chi connectivity index (χ3v) is 3.87. The molecule has 5 heteroatoms. The lowest BCUT2D eigenvalue weighted by Gasteiger charge is -2.24. The van der Waals surface area contributed by atoms with Gasteiger partial charge in [-0.25, -0.2) is 0 Å². The van der Waals surface area contributed by atoms with Gasteiger partial charge in [-0.3, -0.25) is 4.79 Å². The second-order valence-electron chi connectivity index (χ2n) is 5.53. The van der Waals surface area contributed by atoms with E-state index in [4.69, 9.17) is 4.52 Å². The van der Waals surface area contributed by atoms with Gasteiger partial charge >= 0.3 is 0 Å². The molecule has 110 valence electrons. The average Bonchev–Trinajstić information content (AvgIpc) is 2.71. The van der Waals surface area contributed by atoms with Crippen molar-refractivity contribution < 1.29 is 9.32 Å². The maximum absolute atomic E-state index is 13.0. The predicted octanol–water partition coefficient (Wildman–Crippen LogP) is 2.43. The van der Waals surface area contributed by atoms with Crippen molar-refractivity contribution >= 4 is 11.6 Å². The summed E-state index contributed by atoms with van der Waals surface area (Å²) in [5, 5.41) is 7.32. The third-order valence-electron chi connectivity index (χ3n) is 3.87. The number of fused-ring (bicyclic) bond motifs is 1. The highest BCUT2D eigenvalue weighted by Gasteiger charge is 2.28. The number of nitrogens with one attached hydrogen (secondary N) is 1. The molecule has 5 nitrogen and oxygen atoms in total. The van der Waals surface area contributed by atoms with Crippen molar-refractivity contribution in [2.24, 2.45) is 0 Å². The van der Waals surface area contributed by atoms with Gasteiger partial charge in [-0.2, -0.15) is 0 Å². The molecule has 0 saturated heterocycles. The highest BCUT2D eigenvalue weighted by Crippen LogP contribution is 2.26. The van der Waals surface area contributed by atoms with Gasteiger partial charge in [-0.05, 0) is 32.4 Å². The topological polar surface area (TPSA) is 58.4 Å². The first-order valence-electron chi connectivity index (χ1n) is 7.14. The maximum atomic E-state index is 13.0. The molecule has 2 aromatic rings. The number of amides is 1. The standard InChI is InChI=1S/C16H19N3O2/c1-10-9-19(14-7-5-4-6-13(14)8-17-10)16(20)15-11(2)18-21-12(15)3/h4-7,10,17H,8-9H2,1-3H3. The number of benzene rings is 1. The summed E-state index contributed by atoms with van der Waals surface area (Å²) < 4.78 is 5.14. The molecule has 1 amide bonds. The lowest BCUT2D eigenvalue weighted by atomic mass is 10.1. The van der Waals surface area contributed by atoms with Crippen LogP contribution in [0.4, 0.5) is 5.69 Å². The minimum atomic E-state index is -0.0470. The molecule has 0 radical (unpaired) electrons. The molecule has 1 aromatic heterocycles. The summed E-state index contributed by atoms with van der Waals surface area (Å²) >= 11 is 0. The molecular weight excluding hydrogens is 266 g/mol. The smallest absolute Gasteiger partial charge is 0.263 e. The molecule has 1 N–H and O–H groups in total. The van der Waals surface area contributed by atoms with Gasteiger partial charge < -0.3 is 14.7 Å². The SMILES string of the molecule is Cc1noc(C)c1C(=O)N1CC(C)NCc2ccccc21. The molecular formula is C16H19N3O2. The van der Waals surface area contributed by atoms with Crippen LogP contribution < -0.4 is 10.2 Å². The zero-order valence-corrected chi connectivity index (χ0v) is 12.5. The summed E-state index contributed by atoms with van der Waals surface area (Å²) in [6.07, 6.45) is 0. The molecule has 1 aliphatic rings. The number of hydrogen-bond donors (Lipinski definition) is 1. The minimum Gasteiger partial charge on any atom is -0.361 e. The summed E-state index contributed by atoms with van der Waals surface area (Å²) in [4.78, 5) is 14.8. The number of anilines is 1. The molecule has 1 unspecified atom stereocenters. The van der Waals surface area contributed by atoms with E-state index >= 15 is 0 Å². The Morgan fingerprint density at radius 2 is 2.14 bits per heavy atom. The Morgan fingerprint density at radius 1 is 1.38 bits per heavy atom. The molecule has 0 saturated carbocycles. The Hall–Kier alpha value is -2.14. The van der Waals surface area contributed by atoms with Crippen molar-refractivity contribution in [3.05, 3.63) is 46.8 Å². The fourth-order valence-corrected chi connectivity index (χ4v) is 2.76. The van der Waals surface area contributed by atoms with Gasteiger partial charge in [-0.15, -0.1) is 0 Å². The lowest BCUT2D eigenvalue weighted by Crippen LogP contribution is -2.40. The van der Waals surface area contributed by atoms with Crippen LogP contribution in [-0.2, 0) is 6.54 Å². The molecule has 21 heavy (non-hydrogen) atoms. The summed E-state index contributed by atoms with van der Waals surface area (Å²) in [5.74, 6) is 0.522. The van der Waals surface area contributed by atoms with Crippen molar-refractivity contribution in [1.29, 1.82) is 0 Å². The first-order valence-corrected chi connectivity index (χ1v) is 7.14. The van der Waals surface area contributed by atoms with E-state index in [1.807, 2.05) is 29.2 Å². The monoisotopic (exact) mass is 285 g/mol. The van der Waals surface area contributed by atoms with Crippen molar-refractivity contribution in [3.8, 4) is 0 Å². The number of para-hydroxylation sites is 1. The molecule has 1 aromatic carbocycles. The quantitative estimate of drug-likeness (QED) is 0.874. The summed E-state index contributed by atoms with van der Waals surface area (Å²) in [6.45, 7) is 7.05. The Labute approximate surface area is 123 Å². The zero-order valence-electron chi connectivity index (χ0n) is 12.5. The number of carbonyl (C=O) groups excluding carboxylic acids is 1. The number of hydrogen-bond acceptors (Lipinski definition) is 4. The normalized spacial score (nSPS) is 18.2. The Kier molecular flexibility index (Phi) is 3.51. The van der Waals surface area contributed by atoms with Crippen molar-refractivity contribution in [3.63, 3.8) is 0 Å². The van der Waals surface area contributed by atoms with E-state index in [0.717, 1.165) is 17.8 Å². The highest BCUT2D eigenvalue weighted by atomic mass is 16.5. The van der Waals surface area contributed by atoms with Gasteiger partial charge in [0.2, 0.25) is 0 Å². The fourth-order valence-electron chi connectivity index (χ4n) is 2.76. The van der Waals surface area contributed by atoms with Crippen molar-refractivity contribution in [2.75, 3.05) is 11.4 Å². The second kappa shape index (κ2) is 5.33. The van der Waals surface area contributed by atoms with Gasteiger partial charge in [0.15, 0.2) is 0 Å². The number of nitrogens with zero attached hydrogens (tertiary/aromatic N) is 2. The average molecular weight is 285 g/mol. The molecule has 0 bridgehead atoms. The van der Waals surface area contributed by atoms with Crippen LogP contribution in [0.25, 0.3) is 0 Å². The zero-order chi connectivity index (χ0) is 15.0. The highest BCUT2D eigenvalue weighted by molar-refractivity contribution is 6.07. The Morgan fingerprint density at radius 3 is 2.86 bits per heavy atom. The molecule has 0 fully saturated rings. The lowest BCUT2D eigenvalue weighted by molar-refractivity contribution is 0.0983. The van der Waals surface area contributed by atoms with E-state index in [1.54, 1.807) is 13.8 Å². The van der Waals surface area contributed by atoms with Crippen LogP contribution >= 0.6 is 0 Å². The minimum absolute atomic E-state index is 0.0470. The van der Waals surface area contributed by atoms with E-state index in [1.165, 1.54) is 0 Å². The van der Waals surface area contributed by atoms with Gasteiger partial charge in [0.1, 0.15) is 11.3 Å². The first-order chi connectivity index (χ1) is 10.1.